The quantitative estimate of drug-likeness (QED) is 0.713. The van der Waals surface area contributed by atoms with Crippen LogP contribution in [0.25, 0.3) is 0 Å². The Hall–Kier alpha value is -0.120. The summed E-state index contributed by atoms with van der Waals surface area (Å²) in [6.07, 6.45) is 5.41. The Morgan fingerprint density at radius 3 is 2.76 bits per heavy atom. The standard InChI is InChI=1S/C14H30N2O/c1-4-16(8-9-17)12-14(11-15-3)7-5-6-13(2)10-14/h13,15,17H,4-12H2,1-3H3. The lowest BCUT2D eigenvalue weighted by Crippen LogP contribution is -2.46. The van der Waals surface area contributed by atoms with E-state index in [9.17, 15) is 0 Å². The van der Waals surface area contributed by atoms with Crippen molar-refractivity contribution in [3.8, 4) is 0 Å². The summed E-state index contributed by atoms with van der Waals surface area (Å²) >= 11 is 0. The Labute approximate surface area is 107 Å². The fraction of sp³-hybridized carbons (Fsp3) is 1.00. The molecule has 2 N–H and O–H groups in total. The fourth-order valence-electron chi connectivity index (χ4n) is 3.47. The molecule has 3 nitrogen and oxygen atoms in total. The van der Waals surface area contributed by atoms with E-state index in [0.717, 1.165) is 32.1 Å². The molecule has 102 valence electrons. The van der Waals surface area contributed by atoms with Crippen LogP contribution in [0.4, 0.5) is 0 Å². The Balaban J connectivity index is 2.62. The first-order valence-corrected chi connectivity index (χ1v) is 7.13. The van der Waals surface area contributed by atoms with Gasteiger partial charge >= 0.3 is 0 Å². The Morgan fingerprint density at radius 2 is 2.24 bits per heavy atom. The van der Waals surface area contributed by atoms with E-state index < -0.39 is 0 Å². The van der Waals surface area contributed by atoms with Gasteiger partial charge in [0, 0.05) is 19.6 Å². The smallest absolute Gasteiger partial charge is 0.0558 e. The summed E-state index contributed by atoms with van der Waals surface area (Å²) < 4.78 is 0. The van der Waals surface area contributed by atoms with Gasteiger partial charge in [-0.25, -0.2) is 0 Å². The third-order valence-corrected chi connectivity index (χ3v) is 4.16. The third-order valence-electron chi connectivity index (χ3n) is 4.16. The summed E-state index contributed by atoms with van der Waals surface area (Å²) in [5, 5.41) is 12.5. The second-order valence-electron chi connectivity index (χ2n) is 5.82. The molecule has 0 amide bonds. The molecule has 2 unspecified atom stereocenters. The van der Waals surface area contributed by atoms with Crippen LogP contribution in [-0.2, 0) is 0 Å². The number of aliphatic hydroxyl groups excluding tert-OH is 1. The first-order chi connectivity index (χ1) is 8.15. The van der Waals surface area contributed by atoms with E-state index in [1.165, 1.54) is 25.7 Å². The highest BCUT2D eigenvalue weighted by molar-refractivity contribution is 4.89. The summed E-state index contributed by atoms with van der Waals surface area (Å²) in [6.45, 7) is 8.95. The minimum Gasteiger partial charge on any atom is -0.395 e. The van der Waals surface area contributed by atoms with Crippen molar-refractivity contribution in [3.05, 3.63) is 0 Å². The summed E-state index contributed by atoms with van der Waals surface area (Å²) in [5.74, 6) is 0.852. The van der Waals surface area contributed by atoms with Crippen molar-refractivity contribution in [1.82, 2.24) is 10.2 Å². The first kappa shape index (κ1) is 14.9. The van der Waals surface area contributed by atoms with E-state index >= 15 is 0 Å². The lowest BCUT2D eigenvalue weighted by atomic mass is 9.69. The molecular weight excluding hydrogens is 212 g/mol. The van der Waals surface area contributed by atoms with Crippen molar-refractivity contribution in [1.29, 1.82) is 0 Å². The van der Waals surface area contributed by atoms with Gasteiger partial charge in [-0.05, 0) is 37.8 Å². The number of hydrogen-bond donors (Lipinski definition) is 2. The van der Waals surface area contributed by atoms with Gasteiger partial charge in [0.2, 0.25) is 0 Å². The van der Waals surface area contributed by atoms with E-state index in [-0.39, 0.29) is 6.61 Å². The minimum absolute atomic E-state index is 0.277. The molecule has 1 rings (SSSR count). The zero-order valence-corrected chi connectivity index (χ0v) is 11.8. The van der Waals surface area contributed by atoms with Crippen LogP contribution in [0.1, 0.15) is 39.5 Å². The second-order valence-corrected chi connectivity index (χ2v) is 5.82. The van der Waals surface area contributed by atoms with Gasteiger partial charge in [0.25, 0.3) is 0 Å². The average Bonchev–Trinajstić information content (AvgIpc) is 2.28. The summed E-state index contributed by atoms with van der Waals surface area (Å²) in [5.41, 5.74) is 0.428. The van der Waals surface area contributed by atoms with Gasteiger partial charge in [0.1, 0.15) is 0 Å². The molecule has 0 aromatic rings. The number of nitrogens with zero attached hydrogens (tertiary/aromatic N) is 1. The van der Waals surface area contributed by atoms with Crippen LogP contribution in [0.3, 0.4) is 0 Å². The van der Waals surface area contributed by atoms with E-state index in [4.69, 9.17) is 5.11 Å². The molecule has 0 aliphatic heterocycles. The van der Waals surface area contributed by atoms with Crippen molar-refractivity contribution in [2.24, 2.45) is 11.3 Å². The number of hydrogen-bond acceptors (Lipinski definition) is 3. The van der Waals surface area contributed by atoms with Crippen LogP contribution >= 0.6 is 0 Å². The SMILES string of the molecule is CCN(CCO)CC1(CNC)CCCC(C)C1. The summed E-state index contributed by atoms with van der Waals surface area (Å²) in [7, 11) is 2.06. The van der Waals surface area contributed by atoms with Gasteiger partial charge < -0.3 is 15.3 Å². The van der Waals surface area contributed by atoms with Crippen LogP contribution < -0.4 is 5.32 Å². The maximum atomic E-state index is 9.11. The van der Waals surface area contributed by atoms with Crippen molar-refractivity contribution in [2.45, 2.75) is 39.5 Å². The lowest BCUT2D eigenvalue weighted by Gasteiger charge is -2.43. The van der Waals surface area contributed by atoms with Gasteiger partial charge in [0.15, 0.2) is 0 Å². The monoisotopic (exact) mass is 242 g/mol. The Bertz CT molecular complexity index is 206. The molecule has 3 heteroatoms. The molecule has 1 aliphatic carbocycles. The maximum Gasteiger partial charge on any atom is 0.0558 e. The zero-order chi connectivity index (χ0) is 12.7. The molecule has 1 aliphatic rings. The highest BCUT2D eigenvalue weighted by Gasteiger charge is 2.35. The van der Waals surface area contributed by atoms with E-state index in [2.05, 4.69) is 31.1 Å². The van der Waals surface area contributed by atoms with Crippen LogP contribution in [-0.4, -0.2) is 49.8 Å². The third kappa shape index (κ3) is 4.57. The van der Waals surface area contributed by atoms with Gasteiger partial charge in [-0.2, -0.15) is 0 Å². The average molecular weight is 242 g/mol. The van der Waals surface area contributed by atoms with Crippen molar-refractivity contribution in [3.63, 3.8) is 0 Å². The molecule has 0 aromatic carbocycles. The van der Waals surface area contributed by atoms with Gasteiger partial charge in [-0.15, -0.1) is 0 Å². The first-order valence-electron chi connectivity index (χ1n) is 7.13. The molecule has 1 fully saturated rings. The molecule has 0 bridgehead atoms. The molecule has 0 radical (unpaired) electrons. The molecule has 0 heterocycles. The number of rotatable bonds is 7. The van der Waals surface area contributed by atoms with Crippen LogP contribution in [0, 0.1) is 11.3 Å². The molecular formula is C14H30N2O. The minimum atomic E-state index is 0.277. The lowest BCUT2D eigenvalue weighted by molar-refractivity contribution is 0.0747. The molecule has 17 heavy (non-hydrogen) atoms. The Morgan fingerprint density at radius 1 is 1.47 bits per heavy atom. The Kier molecular flexibility index (Phi) is 6.45. The predicted molar refractivity (Wildman–Crippen MR) is 73.2 cm³/mol. The molecule has 2 atom stereocenters. The van der Waals surface area contributed by atoms with E-state index in [1.54, 1.807) is 0 Å². The fourth-order valence-corrected chi connectivity index (χ4v) is 3.47. The summed E-state index contributed by atoms with van der Waals surface area (Å²) in [6, 6.07) is 0. The van der Waals surface area contributed by atoms with Crippen LogP contribution in [0.2, 0.25) is 0 Å². The molecule has 0 spiro atoms. The molecule has 0 saturated heterocycles. The van der Waals surface area contributed by atoms with Gasteiger partial charge in [-0.3, -0.25) is 0 Å². The normalized spacial score (nSPS) is 29.8. The number of likely N-dealkylation sites (N-methyl/N-ethyl adjacent to an activating group) is 1. The predicted octanol–water partition coefficient (Wildman–Crippen LogP) is 1.72. The summed E-state index contributed by atoms with van der Waals surface area (Å²) in [4.78, 5) is 2.40. The maximum absolute atomic E-state index is 9.11. The van der Waals surface area contributed by atoms with Crippen LogP contribution in [0.15, 0.2) is 0 Å². The van der Waals surface area contributed by atoms with E-state index in [1.807, 2.05) is 0 Å². The molecule has 1 saturated carbocycles. The number of aliphatic hydroxyl groups is 1. The van der Waals surface area contributed by atoms with Gasteiger partial charge in [0.05, 0.1) is 6.61 Å². The van der Waals surface area contributed by atoms with E-state index in [0.29, 0.717) is 5.41 Å². The van der Waals surface area contributed by atoms with Crippen molar-refractivity contribution >= 4 is 0 Å². The van der Waals surface area contributed by atoms with Gasteiger partial charge in [-0.1, -0.05) is 26.7 Å². The number of nitrogens with one attached hydrogen (secondary N) is 1. The highest BCUT2D eigenvalue weighted by atomic mass is 16.3. The second kappa shape index (κ2) is 7.34. The van der Waals surface area contributed by atoms with Crippen LogP contribution in [0.5, 0.6) is 0 Å². The van der Waals surface area contributed by atoms with Crippen molar-refractivity contribution in [2.75, 3.05) is 39.8 Å². The highest BCUT2D eigenvalue weighted by Crippen LogP contribution is 2.39. The topological polar surface area (TPSA) is 35.5 Å². The largest absolute Gasteiger partial charge is 0.395 e. The molecule has 0 aromatic heterocycles. The van der Waals surface area contributed by atoms with Crippen molar-refractivity contribution < 1.29 is 5.11 Å². The zero-order valence-electron chi connectivity index (χ0n) is 11.8.